The maximum atomic E-state index is 13.1. The zero-order valence-corrected chi connectivity index (χ0v) is 18.5. The lowest BCUT2D eigenvalue weighted by Crippen LogP contribution is -2.23. The number of nitrogens with zero attached hydrogens (tertiary/aromatic N) is 1. The fourth-order valence-corrected chi connectivity index (χ4v) is 3.15. The van der Waals surface area contributed by atoms with E-state index < -0.39 is 12.1 Å². The van der Waals surface area contributed by atoms with E-state index in [0.29, 0.717) is 6.61 Å². The minimum atomic E-state index is -5.08. The minimum Gasteiger partial charge on any atom is -0.492 e. The zero-order valence-electron chi connectivity index (χ0n) is 18.5. The number of carboxylic acids is 1. The molecule has 10 heteroatoms. The number of aliphatic carboxylic acids is 1. The monoisotopic (exact) mass is 489 g/mol. The van der Waals surface area contributed by atoms with Crippen molar-refractivity contribution < 1.29 is 32.2 Å². The normalized spacial score (nSPS) is 11.1. The molecule has 0 fully saturated rings. The summed E-state index contributed by atoms with van der Waals surface area (Å²) in [5.74, 6) is -2.10. The van der Waals surface area contributed by atoms with Gasteiger partial charge in [-0.15, -0.1) is 0 Å². The van der Waals surface area contributed by atoms with Crippen molar-refractivity contribution in [3.8, 4) is 16.9 Å². The second kappa shape index (κ2) is 12.0. The number of rotatable bonds is 8. The molecule has 4 rings (SSSR count). The molecule has 0 saturated carbocycles. The molecule has 3 N–H and O–H groups in total. The maximum absolute atomic E-state index is 13.1. The van der Waals surface area contributed by atoms with Gasteiger partial charge in [-0.25, -0.2) is 14.2 Å². The van der Waals surface area contributed by atoms with Gasteiger partial charge in [-0.05, 0) is 66.1 Å². The third-order valence-corrected chi connectivity index (χ3v) is 4.88. The number of nitrogens with one attached hydrogen (secondary N) is 2. The highest BCUT2D eigenvalue weighted by atomic mass is 19.4. The molecule has 4 aromatic rings. The van der Waals surface area contributed by atoms with Crippen LogP contribution in [0, 0.1) is 5.82 Å². The van der Waals surface area contributed by atoms with Crippen LogP contribution < -0.4 is 10.1 Å². The van der Waals surface area contributed by atoms with Crippen molar-refractivity contribution in [2.75, 3.05) is 19.7 Å². The van der Waals surface area contributed by atoms with Crippen molar-refractivity contribution in [2.45, 2.75) is 12.6 Å². The quantitative estimate of drug-likeness (QED) is 0.234. The van der Waals surface area contributed by atoms with Crippen molar-refractivity contribution in [2.24, 2.45) is 0 Å². The number of halogens is 4. The number of imidazole rings is 1. The summed E-state index contributed by atoms with van der Waals surface area (Å²) in [6, 6.07) is 21.0. The Morgan fingerprint density at radius 2 is 1.71 bits per heavy atom. The highest BCUT2D eigenvalue weighted by Gasteiger charge is 2.38. The molecule has 3 aromatic carbocycles. The predicted molar refractivity (Wildman–Crippen MR) is 124 cm³/mol. The van der Waals surface area contributed by atoms with Crippen LogP contribution in [0.25, 0.3) is 22.2 Å². The second-order valence-corrected chi connectivity index (χ2v) is 7.44. The summed E-state index contributed by atoms with van der Waals surface area (Å²) in [4.78, 5) is 16.3. The molecule has 0 atom stereocenters. The first-order valence-electron chi connectivity index (χ1n) is 10.6. The molecule has 0 spiro atoms. The first-order valence-corrected chi connectivity index (χ1v) is 10.6. The van der Waals surface area contributed by atoms with Gasteiger partial charge >= 0.3 is 12.1 Å². The van der Waals surface area contributed by atoms with E-state index in [2.05, 4.69) is 39.6 Å². The molecular formula is C25H23F4N3O3. The van der Waals surface area contributed by atoms with Crippen molar-refractivity contribution in [1.29, 1.82) is 0 Å². The molecule has 184 valence electrons. The molecular weight excluding hydrogens is 466 g/mol. The number of aromatic amines is 1. The van der Waals surface area contributed by atoms with Gasteiger partial charge in [-0.2, -0.15) is 13.2 Å². The molecule has 0 amide bonds. The van der Waals surface area contributed by atoms with Gasteiger partial charge in [0, 0.05) is 6.54 Å². The summed E-state index contributed by atoms with van der Waals surface area (Å²) < 4.78 is 50.7. The van der Waals surface area contributed by atoms with Gasteiger partial charge in [0.1, 0.15) is 18.2 Å². The lowest BCUT2D eigenvalue weighted by Gasteiger charge is -2.09. The molecule has 0 saturated heterocycles. The molecule has 0 radical (unpaired) electrons. The summed E-state index contributed by atoms with van der Waals surface area (Å²) in [5.41, 5.74) is 5.25. The number of carbonyl (C=O) groups is 1. The third-order valence-electron chi connectivity index (χ3n) is 4.88. The Balaban J connectivity index is 0.000000429. The Labute approximate surface area is 198 Å². The highest BCUT2D eigenvalue weighted by molar-refractivity contribution is 5.81. The average Bonchev–Trinajstić information content (AvgIpc) is 3.29. The van der Waals surface area contributed by atoms with Gasteiger partial charge in [-0.3, -0.25) is 0 Å². The Bertz CT molecular complexity index is 1240. The summed E-state index contributed by atoms with van der Waals surface area (Å²) in [6.07, 6.45) is -2.58. The fraction of sp³-hybridized carbons (Fsp3) is 0.200. The second-order valence-electron chi connectivity index (χ2n) is 7.44. The molecule has 0 unspecified atom stereocenters. The number of hydrogen-bond donors (Lipinski definition) is 3. The van der Waals surface area contributed by atoms with E-state index in [0.717, 1.165) is 53.0 Å². The van der Waals surface area contributed by atoms with E-state index in [-0.39, 0.29) is 5.82 Å². The van der Waals surface area contributed by atoms with E-state index in [1.54, 1.807) is 18.5 Å². The summed E-state index contributed by atoms with van der Waals surface area (Å²) in [7, 11) is 0. The van der Waals surface area contributed by atoms with E-state index >= 15 is 0 Å². The largest absolute Gasteiger partial charge is 0.492 e. The van der Waals surface area contributed by atoms with Gasteiger partial charge in [0.15, 0.2) is 0 Å². The third kappa shape index (κ3) is 8.11. The van der Waals surface area contributed by atoms with E-state index in [9.17, 15) is 17.6 Å². The lowest BCUT2D eigenvalue weighted by atomic mass is 10.1. The van der Waals surface area contributed by atoms with E-state index in [4.69, 9.17) is 14.6 Å². The zero-order chi connectivity index (χ0) is 25.3. The lowest BCUT2D eigenvalue weighted by molar-refractivity contribution is -0.192. The van der Waals surface area contributed by atoms with Gasteiger partial charge in [0.05, 0.1) is 17.4 Å². The Morgan fingerprint density at radius 1 is 1.00 bits per heavy atom. The van der Waals surface area contributed by atoms with Crippen molar-refractivity contribution in [3.05, 3.63) is 84.4 Å². The SMILES string of the molecule is Fc1cccc(CCNCCOc2ccc(-c3ccc4[nH]cnc4c3)cc2)c1.O=C(O)C(F)(F)F. The van der Waals surface area contributed by atoms with Crippen LogP contribution in [0.2, 0.25) is 0 Å². The minimum absolute atomic E-state index is 0.187. The number of benzene rings is 3. The van der Waals surface area contributed by atoms with Crippen LogP contribution in [0.15, 0.2) is 73.1 Å². The molecule has 0 aliphatic heterocycles. The highest BCUT2D eigenvalue weighted by Crippen LogP contribution is 2.25. The standard InChI is InChI=1S/C23H22FN3O.C2HF3O2/c24-20-3-1-2-17(14-20)10-11-25-12-13-28-21-7-4-18(5-8-21)19-6-9-22-23(15-19)27-16-26-22;3-2(4,5)1(6)7/h1-9,14-16,25H,10-13H2,(H,26,27);(H,6,7). The van der Waals surface area contributed by atoms with Crippen LogP contribution in [0.3, 0.4) is 0 Å². The maximum Gasteiger partial charge on any atom is 0.490 e. The van der Waals surface area contributed by atoms with Crippen LogP contribution >= 0.6 is 0 Å². The van der Waals surface area contributed by atoms with Crippen LogP contribution in [0.1, 0.15) is 5.56 Å². The van der Waals surface area contributed by atoms with Gasteiger partial charge in [-0.1, -0.05) is 30.3 Å². The Kier molecular flexibility index (Phi) is 8.80. The van der Waals surface area contributed by atoms with E-state index in [1.165, 1.54) is 6.07 Å². The van der Waals surface area contributed by atoms with Crippen molar-refractivity contribution in [1.82, 2.24) is 15.3 Å². The van der Waals surface area contributed by atoms with Crippen LogP contribution in [0.4, 0.5) is 17.6 Å². The first kappa shape index (κ1) is 25.7. The summed E-state index contributed by atoms with van der Waals surface area (Å²) in [6.45, 7) is 2.12. The number of alkyl halides is 3. The summed E-state index contributed by atoms with van der Waals surface area (Å²) in [5, 5.41) is 10.4. The number of carboxylic acid groups (broad SMARTS) is 1. The average molecular weight is 489 g/mol. The number of H-pyrrole nitrogens is 1. The molecule has 0 bridgehead atoms. The van der Waals surface area contributed by atoms with Gasteiger partial charge < -0.3 is 20.1 Å². The number of fused-ring (bicyclic) bond motifs is 1. The topological polar surface area (TPSA) is 87.2 Å². The van der Waals surface area contributed by atoms with Gasteiger partial charge in [0.2, 0.25) is 0 Å². The number of aromatic nitrogens is 2. The number of hydrogen-bond acceptors (Lipinski definition) is 4. The smallest absolute Gasteiger partial charge is 0.490 e. The molecule has 1 heterocycles. The fourth-order valence-electron chi connectivity index (χ4n) is 3.15. The molecule has 6 nitrogen and oxygen atoms in total. The van der Waals surface area contributed by atoms with Crippen LogP contribution in [-0.2, 0) is 11.2 Å². The van der Waals surface area contributed by atoms with Crippen LogP contribution in [-0.4, -0.2) is 46.9 Å². The van der Waals surface area contributed by atoms with E-state index in [1.807, 2.05) is 24.3 Å². The Hall–Kier alpha value is -3.92. The number of ether oxygens (including phenoxy) is 1. The molecule has 35 heavy (non-hydrogen) atoms. The molecule has 0 aliphatic carbocycles. The first-order chi connectivity index (χ1) is 16.7. The van der Waals surface area contributed by atoms with Crippen molar-refractivity contribution in [3.63, 3.8) is 0 Å². The van der Waals surface area contributed by atoms with Gasteiger partial charge in [0.25, 0.3) is 0 Å². The Morgan fingerprint density at radius 3 is 2.40 bits per heavy atom. The molecule has 1 aromatic heterocycles. The van der Waals surface area contributed by atoms with Crippen molar-refractivity contribution >= 4 is 17.0 Å². The summed E-state index contributed by atoms with van der Waals surface area (Å²) >= 11 is 0. The molecule has 0 aliphatic rings. The predicted octanol–water partition coefficient (Wildman–Crippen LogP) is 5.21. The van der Waals surface area contributed by atoms with Crippen LogP contribution in [0.5, 0.6) is 5.75 Å².